The average molecular weight is 1080 g/mol. The normalized spacial score (nSPS) is 10.9. The topological polar surface area (TPSA) is 103 Å². The summed E-state index contributed by atoms with van der Waals surface area (Å²) in [5.74, 6) is 0. The molecule has 0 N–H and O–H groups in total. The van der Waals surface area contributed by atoms with Crippen LogP contribution in [0.5, 0.6) is 0 Å². The zero-order valence-corrected chi connectivity index (χ0v) is 45.6. The highest BCUT2D eigenvalue weighted by molar-refractivity contribution is 5.88. The lowest BCUT2D eigenvalue weighted by atomic mass is 9.91. The van der Waals surface area contributed by atoms with Crippen LogP contribution in [-0.2, 0) is 0 Å². The summed E-state index contributed by atoms with van der Waals surface area (Å²) in [6, 6.07) is 76.8. The van der Waals surface area contributed by atoms with Crippen molar-refractivity contribution >= 4 is 0 Å². The molecule has 14 aromatic rings. The average Bonchev–Trinajstić information content (AvgIpc) is 3.79. The molecule has 6 aromatic carbocycles. The van der Waals surface area contributed by atoms with Crippen molar-refractivity contribution in [3.05, 3.63) is 318 Å². The molecule has 0 radical (unpaired) electrons. The smallest absolute Gasteiger partial charge is 0.0346 e. The minimum absolute atomic E-state index is 1.07. The highest BCUT2D eigenvalue weighted by Gasteiger charge is 2.15. The van der Waals surface area contributed by atoms with Crippen LogP contribution in [0.2, 0.25) is 0 Å². The maximum absolute atomic E-state index is 4.36. The number of benzene rings is 6. The van der Waals surface area contributed by atoms with E-state index in [0.717, 1.165) is 134 Å². The molecule has 0 aliphatic rings. The second-order valence-corrected chi connectivity index (χ2v) is 20.3. The van der Waals surface area contributed by atoms with Gasteiger partial charge in [-0.25, -0.2) is 0 Å². The van der Waals surface area contributed by atoms with Crippen molar-refractivity contribution in [2.45, 2.75) is 0 Å². The standard InChI is InChI=1S/2C38H26N4/c2*1-6-27(33-17-35(29-8-2-12-39-23-29)21-36(18-33)30-9-3-13-40-24-30)16-28(7-1)34-19-37(31-10-4-14-41-25-31)22-38(20-34)32-11-5-15-42-26-32/h2*1-26H. The largest absolute Gasteiger partial charge is 0.264 e. The quantitative estimate of drug-likeness (QED) is 0.119. The first-order valence-corrected chi connectivity index (χ1v) is 27.7. The lowest BCUT2D eigenvalue weighted by molar-refractivity contribution is 1.32. The van der Waals surface area contributed by atoms with Crippen molar-refractivity contribution in [1.82, 2.24) is 39.9 Å². The van der Waals surface area contributed by atoms with Crippen LogP contribution in [0.3, 0.4) is 0 Å². The summed E-state index contributed by atoms with van der Waals surface area (Å²) >= 11 is 0. The first-order valence-electron chi connectivity index (χ1n) is 27.7. The molecule has 8 heteroatoms. The summed E-state index contributed by atoms with van der Waals surface area (Å²) in [6.07, 6.45) is 29.7. The maximum Gasteiger partial charge on any atom is 0.0346 e. The third kappa shape index (κ3) is 12.0. The summed E-state index contributed by atoms with van der Waals surface area (Å²) in [5.41, 5.74) is 26.6. The first-order chi connectivity index (χ1) is 41.6. The molecule has 396 valence electrons. The van der Waals surface area contributed by atoms with E-state index in [0.29, 0.717) is 0 Å². The third-order valence-corrected chi connectivity index (χ3v) is 14.7. The van der Waals surface area contributed by atoms with Crippen LogP contribution in [0.1, 0.15) is 0 Å². The Balaban J connectivity index is 0.000000157. The van der Waals surface area contributed by atoms with Crippen LogP contribution in [0.15, 0.2) is 318 Å². The van der Waals surface area contributed by atoms with Crippen LogP contribution < -0.4 is 0 Å². The molecule has 0 saturated carbocycles. The van der Waals surface area contributed by atoms with E-state index >= 15 is 0 Å². The zero-order chi connectivity index (χ0) is 56.3. The summed E-state index contributed by atoms with van der Waals surface area (Å²) in [7, 11) is 0. The van der Waals surface area contributed by atoms with Gasteiger partial charge in [0.1, 0.15) is 0 Å². The van der Waals surface area contributed by atoms with Crippen LogP contribution in [-0.4, -0.2) is 39.9 Å². The molecule has 0 atom stereocenters. The fourth-order valence-electron chi connectivity index (χ4n) is 10.5. The summed E-state index contributed by atoms with van der Waals surface area (Å²) in [5, 5.41) is 0. The molecule has 8 nitrogen and oxygen atoms in total. The Labute approximate surface area is 488 Å². The Morgan fingerprint density at radius 3 is 0.369 bits per heavy atom. The molecule has 0 spiro atoms. The van der Waals surface area contributed by atoms with Gasteiger partial charge in [-0.15, -0.1) is 0 Å². The number of hydrogen-bond acceptors (Lipinski definition) is 8. The molecular formula is C76H52N8. The van der Waals surface area contributed by atoms with Gasteiger partial charge in [0.15, 0.2) is 0 Å². The number of rotatable bonds is 12. The van der Waals surface area contributed by atoms with Crippen molar-refractivity contribution < 1.29 is 0 Å². The van der Waals surface area contributed by atoms with E-state index in [9.17, 15) is 0 Å². The summed E-state index contributed by atoms with van der Waals surface area (Å²) in [4.78, 5) is 34.9. The Bertz CT molecular complexity index is 3690. The summed E-state index contributed by atoms with van der Waals surface area (Å²) < 4.78 is 0. The van der Waals surface area contributed by atoms with E-state index in [1.54, 1.807) is 49.6 Å². The Hall–Kier alpha value is -11.5. The van der Waals surface area contributed by atoms with Gasteiger partial charge in [0.05, 0.1) is 0 Å². The predicted molar refractivity (Wildman–Crippen MR) is 340 cm³/mol. The predicted octanol–water partition coefficient (Wildman–Crippen LogP) is 18.5. The van der Waals surface area contributed by atoms with Gasteiger partial charge in [0.2, 0.25) is 0 Å². The molecule has 0 aliphatic carbocycles. The van der Waals surface area contributed by atoms with Gasteiger partial charge in [0, 0.05) is 144 Å². The zero-order valence-electron chi connectivity index (χ0n) is 45.6. The van der Waals surface area contributed by atoms with E-state index in [4.69, 9.17) is 0 Å². The molecule has 84 heavy (non-hydrogen) atoms. The van der Waals surface area contributed by atoms with Crippen molar-refractivity contribution in [3.8, 4) is 134 Å². The lowest BCUT2D eigenvalue weighted by Gasteiger charge is -2.14. The van der Waals surface area contributed by atoms with Crippen molar-refractivity contribution in [2.24, 2.45) is 0 Å². The fraction of sp³-hybridized carbons (Fsp3) is 0. The molecule has 14 rings (SSSR count). The first kappa shape index (κ1) is 51.9. The molecule has 0 fully saturated rings. The monoisotopic (exact) mass is 1080 g/mol. The van der Waals surface area contributed by atoms with Crippen LogP contribution in [0.25, 0.3) is 134 Å². The molecule has 0 bridgehead atoms. The molecule has 8 heterocycles. The van der Waals surface area contributed by atoms with Gasteiger partial charge in [-0.05, 0) is 222 Å². The van der Waals surface area contributed by atoms with E-state index in [1.165, 1.54) is 0 Å². The van der Waals surface area contributed by atoms with Gasteiger partial charge < -0.3 is 0 Å². The Morgan fingerprint density at radius 1 is 0.119 bits per heavy atom. The highest BCUT2D eigenvalue weighted by atomic mass is 14.6. The van der Waals surface area contributed by atoms with E-state index in [-0.39, 0.29) is 0 Å². The van der Waals surface area contributed by atoms with Crippen LogP contribution in [0.4, 0.5) is 0 Å². The minimum atomic E-state index is 1.07. The molecule has 8 aromatic heterocycles. The van der Waals surface area contributed by atoms with Crippen molar-refractivity contribution in [3.63, 3.8) is 0 Å². The second-order valence-electron chi connectivity index (χ2n) is 20.3. The van der Waals surface area contributed by atoms with E-state index in [1.807, 2.05) is 98.1 Å². The van der Waals surface area contributed by atoms with Crippen LogP contribution in [0, 0.1) is 0 Å². The van der Waals surface area contributed by atoms with Crippen molar-refractivity contribution in [1.29, 1.82) is 0 Å². The second kappa shape index (κ2) is 24.5. The Morgan fingerprint density at radius 2 is 0.238 bits per heavy atom. The number of nitrogens with zero attached hydrogens (tertiary/aromatic N) is 8. The van der Waals surface area contributed by atoms with Gasteiger partial charge in [-0.2, -0.15) is 0 Å². The van der Waals surface area contributed by atoms with Gasteiger partial charge in [0.25, 0.3) is 0 Å². The molecule has 0 unspecified atom stereocenters. The third-order valence-electron chi connectivity index (χ3n) is 14.7. The Kier molecular flexibility index (Phi) is 15.1. The fourth-order valence-corrected chi connectivity index (χ4v) is 10.5. The van der Waals surface area contributed by atoms with E-state index in [2.05, 4.69) is 210 Å². The summed E-state index contributed by atoms with van der Waals surface area (Å²) in [6.45, 7) is 0. The molecule has 0 saturated heterocycles. The lowest BCUT2D eigenvalue weighted by Crippen LogP contribution is -1.89. The highest BCUT2D eigenvalue weighted by Crippen LogP contribution is 2.39. The van der Waals surface area contributed by atoms with Gasteiger partial charge in [-0.3, -0.25) is 39.9 Å². The molecular weight excluding hydrogens is 1020 g/mol. The number of aromatic nitrogens is 8. The van der Waals surface area contributed by atoms with Gasteiger partial charge in [-0.1, -0.05) is 84.9 Å². The van der Waals surface area contributed by atoms with Crippen molar-refractivity contribution in [2.75, 3.05) is 0 Å². The molecule has 0 aliphatic heterocycles. The van der Waals surface area contributed by atoms with E-state index < -0.39 is 0 Å². The van der Waals surface area contributed by atoms with Crippen LogP contribution >= 0.6 is 0 Å². The molecule has 0 amide bonds. The van der Waals surface area contributed by atoms with Gasteiger partial charge >= 0.3 is 0 Å². The number of pyridine rings is 8. The minimum Gasteiger partial charge on any atom is -0.264 e. The number of hydrogen-bond donors (Lipinski definition) is 0. The maximum atomic E-state index is 4.36. The SMILES string of the molecule is c1cncc(-c2cc(-c3cccnc3)cc(-c3cccc(-c4cc(-c5cccnc5)cc(-c5cccnc5)c4)c3)c2)c1.c1cncc(-c2cc(-c3cccnc3)cc(-c3cccc(-c4cc(-c5cccnc5)cc(-c5cccnc5)c4)c3)c2)c1.